The van der Waals surface area contributed by atoms with Crippen LogP contribution in [0.25, 0.3) is 0 Å². The third-order valence-corrected chi connectivity index (χ3v) is 3.30. The summed E-state index contributed by atoms with van der Waals surface area (Å²) in [6.45, 7) is 0. The lowest BCUT2D eigenvalue weighted by atomic mass is 10.2. The number of nitrogens with zero attached hydrogens (tertiary/aromatic N) is 1. The van der Waals surface area contributed by atoms with E-state index in [2.05, 4.69) is 42.4 Å². The van der Waals surface area contributed by atoms with Gasteiger partial charge >= 0.3 is 0 Å². The van der Waals surface area contributed by atoms with Gasteiger partial charge in [-0.15, -0.1) is 0 Å². The molecule has 0 aliphatic rings. The van der Waals surface area contributed by atoms with Crippen LogP contribution >= 0.6 is 43.5 Å². The molecule has 0 radical (unpaired) electrons. The van der Waals surface area contributed by atoms with Gasteiger partial charge in [0.15, 0.2) is 0 Å². The predicted octanol–water partition coefficient (Wildman–Crippen LogP) is 5.31. The molecule has 92 valence electrons. The van der Waals surface area contributed by atoms with Crippen molar-refractivity contribution < 1.29 is 0 Å². The highest BCUT2D eigenvalue weighted by molar-refractivity contribution is 9.11. The van der Waals surface area contributed by atoms with E-state index in [1.807, 2.05) is 42.5 Å². The first kappa shape index (κ1) is 13.6. The van der Waals surface area contributed by atoms with E-state index >= 15 is 0 Å². The van der Waals surface area contributed by atoms with Crippen LogP contribution in [0.15, 0.2) is 56.5 Å². The molecule has 18 heavy (non-hydrogen) atoms. The average Bonchev–Trinajstić information content (AvgIpc) is 2.30. The third-order valence-electron chi connectivity index (χ3n) is 2.14. The van der Waals surface area contributed by atoms with Crippen LogP contribution in [0.1, 0.15) is 5.56 Å². The smallest absolute Gasteiger partial charge is 0.0562 e. The zero-order valence-corrected chi connectivity index (χ0v) is 13.1. The Labute approximate surface area is 127 Å². The van der Waals surface area contributed by atoms with Crippen molar-refractivity contribution in [2.75, 3.05) is 5.43 Å². The van der Waals surface area contributed by atoms with Crippen molar-refractivity contribution in [2.45, 2.75) is 0 Å². The van der Waals surface area contributed by atoms with Gasteiger partial charge in [-0.25, -0.2) is 0 Å². The molecule has 2 nitrogen and oxygen atoms in total. The Morgan fingerprint density at radius 3 is 2.22 bits per heavy atom. The number of hydrogen-bond acceptors (Lipinski definition) is 2. The van der Waals surface area contributed by atoms with E-state index in [1.54, 1.807) is 6.21 Å². The molecular weight excluding hydrogens is 379 g/mol. The fraction of sp³-hybridized carbons (Fsp3) is 0. The SMILES string of the molecule is Clc1ccc(N/N=C/c2cc(Br)cc(Br)c2)cc1. The van der Waals surface area contributed by atoms with Gasteiger partial charge in [0.1, 0.15) is 0 Å². The molecule has 0 fully saturated rings. The predicted molar refractivity (Wildman–Crippen MR) is 84.5 cm³/mol. The first-order chi connectivity index (χ1) is 8.63. The summed E-state index contributed by atoms with van der Waals surface area (Å²) in [5, 5.41) is 4.87. The van der Waals surface area contributed by atoms with Crippen molar-refractivity contribution in [3.8, 4) is 0 Å². The highest BCUT2D eigenvalue weighted by Crippen LogP contribution is 2.19. The molecule has 0 heterocycles. The number of benzene rings is 2. The standard InChI is InChI=1S/C13H9Br2ClN2/c14-10-5-9(6-11(15)7-10)8-17-18-13-3-1-12(16)2-4-13/h1-8,18H/b17-8+. The maximum absolute atomic E-state index is 5.80. The fourth-order valence-electron chi connectivity index (χ4n) is 1.36. The summed E-state index contributed by atoms with van der Waals surface area (Å²) in [6, 6.07) is 13.3. The minimum absolute atomic E-state index is 0.709. The van der Waals surface area contributed by atoms with Crippen LogP contribution < -0.4 is 5.43 Å². The molecule has 1 N–H and O–H groups in total. The molecule has 0 saturated carbocycles. The highest BCUT2D eigenvalue weighted by Gasteiger charge is 1.95. The Hall–Kier alpha value is -0.840. The number of hydrogen-bond donors (Lipinski definition) is 1. The molecule has 0 amide bonds. The first-order valence-electron chi connectivity index (χ1n) is 5.14. The maximum Gasteiger partial charge on any atom is 0.0562 e. The lowest BCUT2D eigenvalue weighted by Gasteiger charge is -2.00. The molecule has 0 saturated heterocycles. The third kappa shape index (κ3) is 4.12. The summed E-state index contributed by atoms with van der Waals surface area (Å²) >= 11 is 12.7. The number of anilines is 1. The van der Waals surface area contributed by atoms with Gasteiger partial charge in [-0.05, 0) is 48.0 Å². The monoisotopic (exact) mass is 386 g/mol. The van der Waals surface area contributed by atoms with E-state index in [4.69, 9.17) is 11.6 Å². The van der Waals surface area contributed by atoms with Gasteiger partial charge in [-0.2, -0.15) is 5.10 Å². The average molecular weight is 388 g/mol. The van der Waals surface area contributed by atoms with Crippen molar-refractivity contribution in [2.24, 2.45) is 5.10 Å². The molecule has 5 heteroatoms. The summed E-state index contributed by atoms with van der Waals surface area (Å²) < 4.78 is 2.01. The second-order valence-corrected chi connectivity index (χ2v) is 5.85. The van der Waals surface area contributed by atoms with Crippen LogP contribution in [0.2, 0.25) is 5.02 Å². The molecule has 0 aliphatic heterocycles. The molecule has 2 aromatic rings. The summed E-state index contributed by atoms with van der Waals surface area (Å²) in [4.78, 5) is 0. The van der Waals surface area contributed by atoms with Crippen molar-refractivity contribution in [1.82, 2.24) is 0 Å². The molecule has 0 aromatic heterocycles. The van der Waals surface area contributed by atoms with Crippen LogP contribution in [0, 0.1) is 0 Å². The summed E-state index contributed by atoms with van der Waals surface area (Å²) in [5.74, 6) is 0. The van der Waals surface area contributed by atoms with Crippen LogP contribution in [0.5, 0.6) is 0 Å². The second kappa shape index (κ2) is 6.36. The zero-order chi connectivity index (χ0) is 13.0. The Morgan fingerprint density at radius 2 is 1.61 bits per heavy atom. The van der Waals surface area contributed by atoms with Crippen LogP contribution in [0.4, 0.5) is 5.69 Å². The molecule has 0 unspecified atom stereocenters. The molecule has 0 bridgehead atoms. The minimum atomic E-state index is 0.709. The van der Waals surface area contributed by atoms with Gasteiger partial charge in [-0.3, -0.25) is 5.43 Å². The topological polar surface area (TPSA) is 24.4 Å². The van der Waals surface area contributed by atoms with Crippen molar-refractivity contribution in [3.63, 3.8) is 0 Å². The van der Waals surface area contributed by atoms with Crippen molar-refractivity contribution in [3.05, 3.63) is 62.0 Å². The summed E-state index contributed by atoms with van der Waals surface area (Å²) in [5.41, 5.74) is 4.83. The molecule has 0 atom stereocenters. The van der Waals surface area contributed by atoms with Gasteiger partial charge < -0.3 is 0 Å². The molecule has 2 aromatic carbocycles. The lowest BCUT2D eigenvalue weighted by Crippen LogP contribution is -1.90. The molecule has 0 aliphatic carbocycles. The molecule has 0 spiro atoms. The summed E-state index contributed by atoms with van der Waals surface area (Å²) in [7, 11) is 0. The van der Waals surface area contributed by atoms with Crippen molar-refractivity contribution >= 4 is 55.4 Å². The van der Waals surface area contributed by atoms with E-state index in [0.717, 1.165) is 20.2 Å². The molecule has 2 rings (SSSR count). The van der Waals surface area contributed by atoms with Crippen molar-refractivity contribution in [1.29, 1.82) is 0 Å². The fourth-order valence-corrected chi connectivity index (χ4v) is 2.81. The Morgan fingerprint density at radius 1 is 1.00 bits per heavy atom. The zero-order valence-electron chi connectivity index (χ0n) is 9.20. The van der Waals surface area contributed by atoms with E-state index in [-0.39, 0.29) is 0 Å². The number of hydrazone groups is 1. The maximum atomic E-state index is 5.80. The quantitative estimate of drug-likeness (QED) is 0.559. The van der Waals surface area contributed by atoms with Crippen LogP contribution in [-0.4, -0.2) is 6.21 Å². The first-order valence-corrected chi connectivity index (χ1v) is 7.10. The Balaban J connectivity index is 2.05. The number of halogens is 3. The number of nitrogens with one attached hydrogen (secondary N) is 1. The molecular formula is C13H9Br2ClN2. The van der Waals surface area contributed by atoms with Gasteiger partial charge in [0.25, 0.3) is 0 Å². The van der Waals surface area contributed by atoms with E-state index in [1.165, 1.54) is 0 Å². The summed E-state index contributed by atoms with van der Waals surface area (Å²) in [6.07, 6.45) is 1.75. The van der Waals surface area contributed by atoms with Gasteiger partial charge in [0.2, 0.25) is 0 Å². The van der Waals surface area contributed by atoms with Gasteiger partial charge in [0.05, 0.1) is 11.9 Å². The highest BCUT2D eigenvalue weighted by atomic mass is 79.9. The largest absolute Gasteiger partial charge is 0.279 e. The normalized spacial score (nSPS) is 10.8. The van der Waals surface area contributed by atoms with E-state index in [0.29, 0.717) is 5.02 Å². The minimum Gasteiger partial charge on any atom is -0.279 e. The Kier molecular flexibility index (Phi) is 4.80. The second-order valence-electron chi connectivity index (χ2n) is 3.58. The van der Waals surface area contributed by atoms with Gasteiger partial charge in [0, 0.05) is 14.0 Å². The Bertz CT molecular complexity index is 547. The van der Waals surface area contributed by atoms with Crippen LogP contribution in [-0.2, 0) is 0 Å². The van der Waals surface area contributed by atoms with E-state index in [9.17, 15) is 0 Å². The lowest BCUT2D eigenvalue weighted by molar-refractivity contribution is 1.35. The number of rotatable bonds is 3. The van der Waals surface area contributed by atoms with Crippen LogP contribution in [0.3, 0.4) is 0 Å². The van der Waals surface area contributed by atoms with E-state index < -0.39 is 0 Å². The van der Waals surface area contributed by atoms with Gasteiger partial charge in [-0.1, -0.05) is 43.5 Å².